The van der Waals surface area contributed by atoms with Crippen molar-refractivity contribution in [2.24, 2.45) is 0 Å². The summed E-state index contributed by atoms with van der Waals surface area (Å²) in [6.07, 6.45) is 9.36. The SMILES string of the molecule is CCN(CCCO)C1C=CCCC1. The molecule has 0 amide bonds. The molecule has 1 aliphatic rings. The van der Waals surface area contributed by atoms with Crippen molar-refractivity contribution in [3.63, 3.8) is 0 Å². The molecule has 1 atom stereocenters. The van der Waals surface area contributed by atoms with Crippen LogP contribution < -0.4 is 0 Å². The molecule has 1 unspecified atom stereocenters. The molecule has 0 aromatic heterocycles. The van der Waals surface area contributed by atoms with Crippen LogP contribution in [-0.4, -0.2) is 35.7 Å². The van der Waals surface area contributed by atoms with E-state index in [-0.39, 0.29) is 0 Å². The number of allylic oxidation sites excluding steroid dienone is 1. The van der Waals surface area contributed by atoms with Crippen LogP contribution in [0.4, 0.5) is 0 Å². The molecule has 0 heterocycles. The van der Waals surface area contributed by atoms with Crippen molar-refractivity contribution >= 4 is 0 Å². The van der Waals surface area contributed by atoms with Crippen LogP contribution in [0.15, 0.2) is 12.2 Å². The van der Waals surface area contributed by atoms with E-state index < -0.39 is 0 Å². The van der Waals surface area contributed by atoms with E-state index in [1.54, 1.807) is 0 Å². The minimum absolute atomic E-state index is 0.312. The first-order valence-electron chi connectivity index (χ1n) is 5.40. The molecule has 1 rings (SSSR count). The van der Waals surface area contributed by atoms with E-state index in [0.29, 0.717) is 12.6 Å². The van der Waals surface area contributed by atoms with Crippen LogP contribution in [0.5, 0.6) is 0 Å². The van der Waals surface area contributed by atoms with Gasteiger partial charge in [-0.3, -0.25) is 4.90 Å². The Morgan fingerprint density at radius 3 is 2.92 bits per heavy atom. The zero-order valence-corrected chi connectivity index (χ0v) is 8.58. The Kier molecular flexibility index (Phi) is 5.09. The Balaban J connectivity index is 2.35. The second-order valence-electron chi connectivity index (χ2n) is 3.63. The van der Waals surface area contributed by atoms with Crippen LogP contribution in [-0.2, 0) is 0 Å². The maximum Gasteiger partial charge on any atom is 0.0443 e. The van der Waals surface area contributed by atoms with E-state index in [9.17, 15) is 0 Å². The molecular weight excluding hydrogens is 162 g/mol. The molecule has 0 bridgehead atoms. The smallest absolute Gasteiger partial charge is 0.0443 e. The Morgan fingerprint density at radius 1 is 1.54 bits per heavy atom. The molecule has 0 aliphatic heterocycles. The van der Waals surface area contributed by atoms with Gasteiger partial charge in [-0.25, -0.2) is 0 Å². The fraction of sp³-hybridized carbons (Fsp3) is 0.818. The molecule has 0 saturated heterocycles. The summed E-state index contributed by atoms with van der Waals surface area (Å²) >= 11 is 0. The van der Waals surface area contributed by atoms with Gasteiger partial charge in [-0.2, -0.15) is 0 Å². The summed E-state index contributed by atoms with van der Waals surface area (Å²) in [5.74, 6) is 0. The maximum atomic E-state index is 8.76. The first-order chi connectivity index (χ1) is 6.38. The molecular formula is C11H21NO. The minimum atomic E-state index is 0.312. The highest BCUT2D eigenvalue weighted by atomic mass is 16.3. The summed E-state index contributed by atoms with van der Waals surface area (Å²) < 4.78 is 0. The Bertz CT molecular complexity index is 156. The fourth-order valence-corrected chi connectivity index (χ4v) is 1.93. The lowest BCUT2D eigenvalue weighted by Crippen LogP contribution is -2.35. The molecule has 0 spiro atoms. The molecule has 0 radical (unpaired) electrons. The van der Waals surface area contributed by atoms with Gasteiger partial charge in [0.05, 0.1) is 0 Å². The van der Waals surface area contributed by atoms with Crippen molar-refractivity contribution in [2.75, 3.05) is 19.7 Å². The molecule has 2 nitrogen and oxygen atoms in total. The second kappa shape index (κ2) is 6.17. The van der Waals surface area contributed by atoms with Crippen molar-refractivity contribution in [1.82, 2.24) is 4.90 Å². The summed E-state index contributed by atoms with van der Waals surface area (Å²) in [6.45, 7) is 4.63. The van der Waals surface area contributed by atoms with E-state index in [1.165, 1.54) is 19.3 Å². The van der Waals surface area contributed by atoms with Crippen LogP contribution in [0.3, 0.4) is 0 Å². The van der Waals surface area contributed by atoms with E-state index in [1.807, 2.05) is 0 Å². The summed E-state index contributed by atoms with van der Waals surface area (Å²) in [7, 11) is 0. The average molecular weight is 183 g/mol. The zero-order valence-electron chi connectivity index (χ0n) is 8.58. The molecule has 76 valence electrons. The summed E-state index contributed by atoms with van der Waals surface area (Å²) in [5.41, 5.74) is 0. The third kappa shape index (κ3) is 3.49. The number of nitrogens with zero attached hydrogens (tertiary/aromatic N) is 1. The number of rotatable bonds is 5. The van der Waals surface area contributed by atoms with Gasteiger partial charge in [-0.15, -0.1) is 0 Å². The summed E-state index contributed by atoms with van der Waals surface area (Å²) in [5, 5.41) is 8.76. The van der Waals surface area contributed by atoms with E-state index >= 15 is 0 Å². The summed E-state index contributed by atoms with van der Waals surface area (Å²) in [6, 6.07) is 0.630. The lowest BCUT2D eigenvalue weighted by atomic mass is 10.0. The molecule has 1 N–H and O–H groups in total. The molecule has 2 heteroatoms. The third-order valence-corrected chi connectivity index (χ3v) is 2.71. The van der Waals surface area contributed by atoms with Gasteiger partial charge in [0, 0.05) is 19.2 Å². The predicted octanol–water partition coefficient (Wildman–Crippen LogP) is 1.80. The monoisotopic (exact) mass is 183 g/mol. The first-order valence-corrected chi connectivity index (χ1v) is 5.40. The molecule has 0 aromatic rings. The number of aliphatic hydroxyl groups is 1. The largest absolute Gasteiger partial charge is 0.396 e. The topological polar surface area (TPSA) is 23.5 Å². The predicted molar refractivity (Wildman–Crippen MR) is 55.7 cm³/mol. The standard InChI is InChI=1S/C11H21NO/c1-2-12(9-6-10-13)11-7-4-3-5-8-11/h4,7,11,13H,2-3,5-6,8-10H2,1H3. The Morgan fingerprint density at radius 2 is 2.38 bits per heavy atom. The van der Waals surface area contributed by atoms with Crippen molar-refractivity contribution in [3.8, 4) is 0 Å². The molecule has 1 aliphatic carbocycles. The van der Waals surface area contributed by atoms with Crippen LogP contribution in [0.1, 0.15) is 32.6 Å². The van der Waals surface area contributed by atoms with Gasteiger partial charge < -0.3 is 5.11 Å². The number of hydrogen-bond acceptors (Lipinski definition) is 2. The van der Waals surface area contributed by atoms with Gasteiger partial charge >= 0.3 is 0 Å². The molecule has 0 aromatic carbocycles. The van der Waals surface area contributed by atoms with Gasteiger partial charge in [0.15, 0.2) is 0 Å². The van der Waals surface area contributed by atoms with Gasteiger partial charge in [0.1, 0.15) is 0 Å². The van der Waals surface area contributed by atoms with Gasteiger partial charge in [-0.05, 0) is 32.2 Å². The average Bonchev–Trinajstić information content (AvgIpc) is 2.21. The van der Waals surface area contributed by atoms with Gasteiger partial charge in [0.25, 0.3) is 0 Å². The Labute approximate surface area is 81.2 Å². The third-order valence-electron chi connectivity index (χ3n) is 2.71. The Hall–Kier alpha value is -0.340. The lowest BCUT2D eigenvalue weighted by Gasteiger charge is -2.30. The quantitative estimate of drug-likeness (QED) is 0.657. The lowest BCUT2D eigenvalue weighted by molar-refractivity contribution is 0.194. The molecule has 0 fully saturated rings. The first kappa shape index (κ1) is 10.7. The van der Waals surface area contributed by atoms with Crippen molar-refractivity contribution < 1.29 is 5.11 Å². The number of aliphatic hydroxyl groups excluding tert-OH is 1. The van der Waals surface area contributed by atoms with Gasteiger partial charge in [-0.1, -0.05) is 19.1 Å². The highest BCUT2D eigenvalue weighted by molar-refractivity contribution is 4.98. The van der Waals surface area contributed by atoms with Crippen molar-refractivity contribution in [3.05, 3.63) is 12.2 Å². The zero-order chi connectivity index (χ0) is 9.52. The van der Waals surface area contributed by atoms with Crippen LogP contribution >= 0.6 is 0 Å². The van der Waals surface area contributed by atoms with E-state index in [4.69, 9.17) is 5.11 Å². The normalized spacial score (nSPS) is 22.5. The highest BCUT2D eigenvalue weighted by Crippen LogP contribution is 2.16. The van der Waals surface area contributed by atoms with Crippen LogP contribution in [0, 0.1) is 0 Å². The fourth-order valence-electron chi connectivity index (χ4n) is 1.93. The highest BCUT2D eigenvalue weighted by Gasteiger charge is 2.14. The van der Waals surface area contributed by atoms with E-state index in [2.05, 4.69) is 24.0 Å². The van der Waals surface area contributed by atoms with E-state index in [0.717, 1.165) is 19.5 Å². The number of hydrogen-bond donors (Lipinski definition) is 1. The molecule has 0 saturated carbocycles. The maximum absolute atomic E-state index is 8.76. The van der Waals surface area contributed by atoms with Crippen LogP contribution in [0.2, 0.25) is 0 Å². The van der Waals surface area contributed by atoms with Crippen molar-refractivity contribution in [1.29, 1.82) is 0 Å². The van der Waals surface area contributed by atoms with Crippen LogP contribution in [0.25, 0.3) is 0 Å². The van der Waals surface area contributed by atoms with Crippen molar-refractivity contribution in [2.45, 2.75) is 38.6 Å². The van der Waals surface area contributed by atoms with Gasteiger partial charge in [0.2, 0.25) is 0 Å². The second-order valence-corrected chi connectivity index (χ2v) is 3.63. The minimum Gasteiger partial charge on any atom is -0.396 e. The summed E-state index contributed by atoms with van der Waals surface area (Å²) in [4.78, 5) is 2.45. The number of likely N-dealkylation sites (N-methyl/N-ethyl adjacent to an activating group) is 1. The molecule has 13 heavy (non-hydrogen) atoms.